The van der Waals surface area contributed by atoms with Crippen LogP contribution in [-0.4, -0.2) is 67.5 Å². The van der Waals surface area contributed by atoms with Crippen LogP contribution in [0.3, 0.4) is 0 Å². The standard InChI is InChI=1S/C24H52O8Si5/c1-21(2)23(25)27-17-15-19-33(5,6)29-35(9,10)31-37(13,14)32-36(11,12)30-34(7,8)20-16-18-28-24(26)22(3)4/h1,3,15-20H2,2,4-14H3. The van der Waals surface area contributed by atoms with Gasteiger partial charge in [0, 0.05) is 11.1 Å². The Morgan fingerprint density at radius 3 is 1.08 bits per heavy atom. The van der Waals surface area contributed by atoms with Gasteiger partial charge in [0.15, 0.2) is 16.6 Å². The van der Waals surface area contributed by atoms with Gasteiger partial charge in [-0.05, 0) is 104 Å². The molecule has 0 aliphatic heterocycles. The monoisotopic (exact) mass is 608 g/mol. The van der Waals surface area contributed by atoms with Crippen LogP contribution in [0, 0.1) is 0 Å². The van der Waals surface area contributed by atoms with E-state index in [1.807, 2.05) is 0 Å². The zero-order valence-corrected chi connectivity index (χ0v) is 30.4. The third kappa shape index (κ3) is 17.5. The molecule has 13 heteroatoms. The van der Waals surface area contributed by atoms with E-state index in [9.17, 15) is 9.59 Å². The van der Waals surface area contributed by atoms with Crippen LogP contribution in [0.1, 0.15) is 26.7 Å². The Kier molecular flexibility index (Phi) is 14.4. The van der Waals surface area contributed by atoms with E-state index in [-0.39, 0.29) is 11.9 Å². The minimum Gasteiger partial charge on any atom is -0.462 e. The van der Waals surface area contributed by atoms with Crippen molar-refractivity contribution >= 4 is 54.3 Å². The van der Waals surface area contributed by atoms with Crippen molar-refractivity contribution in [2.75, 3.05) is 13.2 Å². The van der Waals surface area contributed by atoms with E-state index in [1.165, 1.54) is 0 Å². The van der Waals surface area contributed by atoms with Crippen molar-refractivity contribution in [3.05, 3.63) is 24.3 Å². The van der Waals surface area contributed by atoms with Gasteiger partial charge in [-0.25, -0.2) is 9.59 Å². The fraction of sp³-hybridized carbons (Fsp3) is 0.750. The van der Waals surface area contributed by atoms with Gasteiger partial charge in [-0.2, -0.15) is 0 Å². The summed E-state index contributed by atoms with van der Waals surface area (Å²) in [6.45, 7) is 32.3. The van der Waals surface area contributed by atoms with E-state index in [0.717, 1.165) is 24.9 Å². The number of ether oxygens (including phenoxy) is 2. The molecule has 0 saturated carbocycles. The van der Waals surface area contributed by atoms with Crippen LogP contribution < -0.4 is 0 Å². The summed E-state index contributed by atoms with van der Waals surface area (Å²) in [5.41, 5.74) is 0.819. The molecule has 0 aromatic heterocycles. The van der Waals surface area contributed by atoms with E-state index in [2.05, 4.69) is 78.6 Å². The first-order chi connectivity index (χ1) is 16.5. The Hall–Kier alpha value is -0.656. The van der Waals surface area contributed by atoms with Gasteiger partial charge in [0.05, 0.1) is 13.2 Å². The highest BCUT2D eigenvalue weighted by atomic mass is 28.5. The van der Waals surface area contributed by atoms with Crippen LogP contribution >= 0.6 is 0 Å². The minimum absolute atomic E-state index is 0.352. The number of carbonyl (C=O) groups excluding carboxylic acids is 2. The maximum Gasteiger partial charge on any atom is 0.333 e. The molecular weight excluding hydrogens is 557 g/mol. The van der Waals surface area contributed by atoms with Gasteiger partial charge in [0.1, 0.15) is 0 Å². The van der Waals surface area contributed by atoms with Gasteiger partial charge in [-0.15, -0.1) is 0 Å². The second kappa shape index (κ2) is 14.7. The highest BCUT2D eigenvalue weighted by Gasteiger charge is 2.45. The van der Waals surface area contributed by atoms with Crippen LogP contribution in [-0.2, 0) is 35.5 Å². The van der Waals surface area contributed by atoms with Crippen molar-refractivity contribution in [2.24, 2.45) is 0 Å². The lowest BCUT2D eigenvalue weighted by Crippen LogP contribution is -2.58. The van der Waals surface area contributed by atoms with E-state index in [0.29, 0.717) is 24.4 Å². The molecule has 0 heterocycles. The predicted octanol–water partition coefficient (Wildman–Crippen LogP) is 6.59. The molecule has 0 spiro atoms. The number of rotatable bonds is 18. The van der Waals surface area contributed by atoms with Gasteiger partial charge in [-0.1, -0.05) is 13.2 Å². The summed E-state index contributed by atoms with van der Waals surface area (Å²) in [7, 11) is -11.6. The van der Waals surface area contributed by atoms with E-state index >= 15 is 0 Å². The molecule has 0 aromatic rings. The van der Waals surface area contributed by atoms with Crippen LogP contribution in [0.2, 0.25) is 77.6 Å². The fourth-order valence-corrected chi connectivity index (χ4v) is 28.8. The van der Waals surface area contributed by atoms with Crippen molar-refractivity contribution in [2.45, 2.75) is 104 Å². The number of hydrogen-bond donors (Lipinski definition) is 0. The Labute approximate surface area is 231 Å². The molecule has 0 aliphatic carbocycles. The summed E-state index contributed by atoms with van der Waals surface area (Å²) in [4.78, 5) is 23.2. The lowest BCUT2D eigenvalue weighted by molar-refractivity contribution is -0.139. The lowest BCUT2D eigenvalue weighted by atomic mass is 10.4. The molecule has 8 nitrogen and oxygen atoms in total. The highest BCUT2D eigenvalue weighted by molar-refractivity contribution is 6.90. The first-order valence-electron chi connectivity index (χ1n) is 12.9. The van der Waals surface area contributed by atoms with Crippen LogP contribution in [0.4, 0.5) is 0 Å². The van der Waals surface area contributed by atoms with Crippen molar-refractivity contribution < 1.29 is 35.5 Å². The molecule has 0 aromatic carbocycles. The largest absolute Gasteiger partial charge is 0.462 e. The van der Waals surface area contributed by atoms with Crippen molar-refractivity contribution in [3.8, 4) is 0 Å². The predicted molar refractivity (Wildman–Crippen MR) is 162 cm³/mol. The molecule has 0 amide bonds. The second-order valence-corrected chi connectivity index (χ2v) is 31.9. The second-order valence-electron chi connectivity index (χ2n) is 12.2. The average molecular weight is 609 g/mol. The molecule has 0 rings (SSSR count). The summed E-state index contributed by atoms with van der Waals surface area (Å²) in [6.07, 6.45) is 1.50. The topological polar surface area (TPSA) is 89.5 Å². The van der Waals surface area contributed by atoms with Crippen molar-refractivity contribution in [1.29, 1.82) is 0 Å². The third-order valence-electron chi connectivity index (χ3n) is 5.04. The summed E-state index contributed by atoms with van der Waals surface area (Å²) >= 11 is 0. The van der Waals surface area contributed by atoms with Gasteiger partial charge in [-0.3, -0.25) is 0 Å². The molecule has 216 valence electrons. The summed E-state index contributed by atoms with van der Waals surface area (Å²) < 4.78 is 36.9. The Balaban J connectivity index is 4.85. The molecule has 0 atom stereocenters. The first kappa shape index (κ1) is 36.3. The third-order valence-corrected chi connectivity index (χ3v) is 24.4. The molecule has 0 radical (unpaired) electrons. The van der Waals surface area contributed by atoms with E-state index < -0.39 is 42.3 Å². The summed E-state index contributed by atoms with van der Waals surface area (Å²) in [5.74, 6) is -0.704. The van der Waals surface area contributed by atoms with Crippen LogP contribution in [0.25, 0.3) is 0 Å². The van der Waals surface area contributed by atoms with Crippen molar-refractivity contribution in [3.63, 3.8) is 0 Å². The van der Waals surface area contributed by atoms with Crippen molar-refractivity contribution in [1.82, 2.24) is 0 Å². The summed E-state index contributed by atoms with van der Waals surface area (Å²) in [5, 5.41) is 0. The average Bonchev–Trinajstić information content (AvgIpc) is 2.63. The van der Waals surface area contributed by atoms with Crippen LogP contribution in [0.5, 0.6) is 0 Å². The van der Waals surface area contributed by atoms with Gasteiger partial charge in [0.25, 0.3) is 0 Å². The normalized spacial score (nSPS) is 13.3. The Bertz CT molecular complexity index is 745. The number of esters is 2. The van der Waals surface area contributed by atoms with Crippen LogP contribution in [0.15, 0.2) is 24.3 Å². The SMILES string of the molecule is C=C(C)C(=O)OCCC[Si](C)(C)O[Si](C)(C)O[Si](C)(C)O[Si](C)(C)O[Si](C)(C)CCCOC(=O)C(=C)C. The maximum atomic E-state index is 11.6. The zero-order chi connectivity index (χ0) is 29.3. The highest BCUT2D eigenvalue weighted by Crippen LogP contribution is 2.28. The van der Waals surface area contributed by atoms with E-state index in [1.54, 1.807) is 13.8 Å². The summed E-state index contributed by atoms with van der Waals surface area (Å²) in [6, 6.07) is 1.73. The van der Waals surface area contributed by atoms with E-state index in [4.69, 9.17) is 25.9 Å². The molecule has 37 heavy (non-hydrogen) atoms. The minimum atomic E-state index is -2.55. The van der Waals surface area contributed by atoms with Gasteiger partial charge >= 0.3 is 37.6 Å². The molecule has 0 unspecified atom stereocenters. The Morgan fingerprint density at radius 2 is 0.811 bits per heavy atom. The Morgan fingerprint density at radius 1 is 0.541 bits per heavy atom. The first-order valence-corrected chi connectivity index (χ1v) is 27.6. The molecular formula is C24H52O8Si5. The quantitative estimate of drug-likeness (QED) is 0.0745. The molecule has 0 bridgehead atoms. The maximum absolute atomic E-state index is 11.6. The van der Waals surface area contributed by atoms with Gasteiger partial charge in [0.2, 0.25) is 0 Å². The lowest BCUT2D eigenvalue weighted by Gasteiger charge is -2.42. The smallest absolute Gasteiger partial charge is 0.333 e. The molecule has 0 aliphatic rings. The molecule has 0 fully saturated rings. The fourth-order valence-electron chi connectivity index (χ4n) is 4.25. The molecule has 0 saturated heterocycles. The zero-order valence-electron chi connectivity index (χ0n) is 25.4. The molecule has 0 N–H and O–H groups in total. The number of carbonyl (C=O) groups is 2. The van der Waals surface area contributed by atoms with Gasteiger partial charge < -0.3 is 25.9 Å². The number of hydrogen-bond acceptors (Lipinski definition) is 8.